The standard InChI is InChI=1S/C18H19N5O4/c1-4-23-18(26)13-8-6-5-7-12(13)16(21-23)17(25)20-19-15(24)9-14-10(2)22-27-11(14)3/h5-8H,4,9H2,1-3H3,(H,19,24)(H,20,25). The average molecular weight is 369 g/mol. The molecule has 3 rings (SSSR count). The molecule has 0 radical (unpaired) electrons. The van der Waals surface area contributed by atoms with Crippen LogP contribution in [0.2, 0.25) is 0 Å². The number of nitrogens with zero attached hydrogens (tertiary/aromatic N) is 3. The van der Waals surface area contributed by atoms with Crippen LogP contribution in [0.1, 0.15) is 34.4 Å². The van der Waals surface area contributed by atoms with Crippen LogP contribution in [0.4, 0.5) is 0 Å². The zero-order chi connectivity index (χ0) is 19.6. The molecule has 9 nitrogen and oxygen atoms in total. The lowest BCUT2D eigenvalue weighted by Gasteiger charge is -2.11. The summed E-state index contributed by atoms with van der Waals surface area (Å²) >= 11 is 0. The number of nitrogens with one attached hydrogen (secondary N) is 2. The molecule has 1 aromatic carbocycles. The van der Waals surface area contributed by atoms with Gasteiger partial charge in [-0.05, 0) is 26.8 Å². The lowest BCUT2D eigenvalue weighted by atomic mass is 10.1. The van der Waals surface area contributed by atoms with Crippen molar-refractivity contribution >= 4 is 22.6 Å². The Morgan fingerprint density at radius 2 is 1.85 bits per heavy atom. The molecule has 0 aliphatic rings. The molecule has 27 heavy (non-hydrogen) atoms. The fourth-order valence-electron chi connectivity index (χ4n) is 2.76. The fourth-order valence-corrected chi connectivity index (χ4v) is 2.76. The van der Waals surface area contributed by atoms with Crippen LogP contribution in [0.25, 0.3) is 10.8 Å². The first-order valence-corrected chi connectivity index (χ1v) is 8.43. The lowest BCUT2D eigenvalue weighted by Crippen LogP contribution is -2.43. The van der Waals surface area contributed by atoms with Crippen molar-refractivity contribution in [2.75, 3.05) is 0 Å². The highest BCUT2D eigenvalue weighted by Crippen LogP contribution is 2.14. The summed E-state index contributed by atoms with van der Waals surface area (Å²) in [7, 11) is 0. The van der Waals surface area contributed by atoms with E-state index < -0.39 is 11.8 Å². The summed E-state index contributed by atoms with van der Waals surface area (Å²) in [5.74, 6) is -0.483. The molecule has 0 aliphatic heterocycles. The number of aromatic nitrogens is 3. The number of hydrogen-bond acceptors (Lipinski definition) is 6. The number of hydrogen-bond donors (Lipinski definition) is 2. The quantitative estimate of drug-likeness (QED) is 0.663. The van der Waals surface area contributed by atoms with Crippen LogP contribution < -0.4 is 16.4 Å². The van der Waals surface area contributed by atoms with Gasteiger partial charge in [-0.3, -0.25) is 25.2 Å². The minimum absolute atomic E-state index is 0.0179. The second-order valence-corrected chi connectivity index (χ2v) is 6.00. The number of aryl methyl sites for hydroxylation is 3. The predicted molar refractivity (Wildman–Crippen MR) is 97.0 cm³/mol. The van der Waals surface area contributed by atoms with E-state index in [4.69, 9.17) is 4.52 Å². The smallest absolute Gasteiger partial charge is 0.290 e. The molecule has 0 bridgehead atoms. The van der Waals surface area contributed by atoms with Crippen LogP contribution in [0.15, 0.2) is 33.6 Å². The normalized spacial score (nSPS) is 10.8. The van der Waals surface area contributed by atoms with Crippen molar-refractivity contribution < 1.29 is 14.1 Å². The summed E-state index contributed by atoms with van der Waals surface area (Å²) in [5, 5.41) is 8.72. The summed E-state index contributed by atoms with van der Waals surface area (Å²) in [6.45, 7) is 5.53. The van der Waals surface area contributed by atoms with Crippen molar-refractivity contribution in [2.24, 2.45) is 0 Å². The van der Waals surface area contributed by atoms with Crippen molar-refractivity contribution in [3.8, 4) is 0 Å². The Labute approximate surface area is 154 Å². The molecule has 3 aromatic rings. The number of amides is 2. The molecule has 2 heterocycles. The van der Waals surface area contributed by atoms with E-state index in [0.29, 0.717) is 34.3 Å². The van der Waals surface area contributed by atoms with E-state index in [1.54, 1.807) is 45.0 Å². The summed E-state index contributed by atoms with van der Waals surface area (Å²) in [4.78, 5) is 37.0. The first-order valence-electron chi connectivity index (χ1n) is 8.43. The van der Waals surface area contributed by atoms with Crippen LogP contribution in [-0.2, 0) is 17.8 Å². The number of hydrazine groups is 1. The van der Waals surface area contributed by atoms with Crippen LogP contribution in [-0.4, -0.2) is 26.8 Å². The first kappa shape index (κ1) is 18.3. The maximum atomic E-state index is 12.5. The summed E-state index contributed by atoms with van der Waals surface area (Å²) in [6, 6.07) is 6.71. The molecule has 2 N–H and O–H groups in total. The predicted octanol–water partition coefficient (Wildman–Crippen LogP) is 1.02. The topological polar surface area (TPSA) is 119 Å². The number of carbonyl (C=O) groups excluding carboxylic acids is 2. The Morgan fingerprint density at radius 3 is 2.48 bits per heavy atom. The molecule has 2 amide bonds. The number of fused-ring (bicyclic) bond motifs is 1. The first-order chi connectivity index (χ1) is 12.9. The zero-order valence-corrected chi connectivity index (χ0v) is 15.2. The molecule has 0 unspecified atom stereocenters. The van der Waals surface area contributed by atoms with Crippen LogP contribution >= 0.6 is 0 Å². The molecular formula is C18H19N5O4. The monoisotopic (exact) mass is 369 g/mol. The van der Waals surface area contributed by atoms with Gasteiger partial charge in [-0.25, -0.2) is 4.68 Å². The van der Waals surface area contributed by atoms with Crippen molar-refractivity contribution in [1.82, 2.24) is 25.8 Å². The Bertz CT molecular complexity index is 1060. The summed E-state index contributed by atoms with van der Waals surface area (Å²) < 4.78 is 6.23. The SMILES string of the molecule is CCn1nc(C(=O)NNC(=O)Cc2c(C)noc2C)c2ccccc2c1=O. The van der Waals surface area contributed by atoms with E-state index in [9.17, 15) is 14.4 Å². The minimum Gasteiger partial charge on any atom is -0.361 e. The van der Waals surface area contributed by atoms with Gasteiger partial charge in [0.05, 0.1) is 17.5 Å². The molecule has 0 aliphatic carbocycles. The van der Waals surface area contributed by atoms with E-state index in [2.05, 4.69) is 21.1 Å². The molecule has 0 spiro atoms. The van der Waals surface area contributed by atoms with Crippen LogP contribution in [0.5, 0.6) is 0 Å². The van der Waals surface area contributed by atoms with E-state index in [1.807, 2.05) is 0 Å². The van der Waals surface area contributed by atoms with E-state index >= 15 is 0 Å². The zero-order valence-electron chi connectivity index (χ0n) is 15.2. The van der Waals surface area contributed by atoms with Crippen molar-refractivity contribution in [1.29, 1.82) is 0 Å². The second kappa shape index (κ2) is 7.40. The van der Waals surface area contributed by atoms with E-state index in [0.717, 1.165) is 0 Å². The van der Waals surface area contributed by atoms with Gasteiger partial charge < -0.3 is 4.52 Å². The third kappa shape index (κ3) is 3.57. The highest BCUT2D eigenvalue weighted by Gasteiger charge is 2.18. The maximum absolute atomic E-state index is 12.5. The number of carbonyl (C=O) groups is 2. The van der Waals surface area contributed by atoms with Gasteiger partial charge in [0.1, 0.15) is 5.76 Å². The van der Waals surface area contributed by atoms with Crippen molar-refractivity contribution in [3.63, 3.8) is 0 Å². The molecule has 140 valence electrons. The Morgan fingerprint density at radius 1 is 1.15 bits per heavy atom. The van der Waals surface area contributed by atoms with Crippen LogP contribution in [0, 0.1) is 13.8 Å². The van der Waals surface area contributed by atoms with Gasteiger partial charge in [0.25, 0.3) is 11.5 Å². The summed E-state index contributed by atoms with van der Waals surface area (Å²) in [6.07, 6.45) is 0.0179. The van der Waals surface area contributed by atoms with Gasteiger partial charge in [-0.15, -0.1) is 0 Å². The van der Waals surface area contributed by atoms with Crippen LogP contribution in [0.3, 0.4) is 0 Å². The molecule has 0 saturated carbocycles. The third-order valence-electron chi connectivity index (χ3n) is 4.22. The van der Waals surface area contributed by atoms with E-state index in [1.165, 1.54) is 4.68 Å². The van der Waals surface area contributed by atoms with Crippen molar-refractivity contribution in [2.45, 2.75) is 33.7 Å². The fraction of sp³-hybridized carbons (Fsp3) is 0.278. The summed E-state index contributed by atoms with van der Waals surface area (Å²) in [5.41, 5.74) is 5.78. The van der Waals surface area contributed by atoms with Gasteiger partial charge in [0, 0.05) is 17.5 Å². The maximum Gasteiger partial charge on any atom is 0.290 e. The molecular weight excluding hydrogens is 350 g/mol. The van der Waals surface area contributed by atoms with Gasteiger partial charge >= 0.3 is 0 Å². The Balaban J connectivity index is 1.79. The molecule has 0 saturated heterocycles. The third-order valence-corrected chi connectivity index (χ3v) is 4.22. The Kier molecular flexibility index (Phi) is 5.02. The van der Waals surface area contributed by atoms with Gasteiger partial charge in [-0.2, -0.15) is 5.10 Å². The Hall–Kier alpha value is -3.49. The number of rotatable bonds is 4. The molecule has 0 fully saturated rings. The largest absolute Gasteiger partial charge is 0.361 e. The molecule has 0 atom stereocenters. The van der Waals surface area contributed by atoms with Gasteiger partial charge in [-0.1, -0.05) is 23.4 Å². The van der Waals surface area contributed by atoms with E-state index in [-0.39, 0.29) is 17.7 Å². The minimum atomic E-state index is -0.611. The molecule has 9 heteroatoms. The lowest BCUT2D eigenvalue weighted by molar-refractivity contribution is -0.121. The average Bonchev–Trinajstić information content (AvgIpc) is 2.98. The number of benzene rings is 1. The van der Waals surface area contributed by atoms with Gasteiger partial charge in [0.2, 0.25) is 5.91 Å². The highest BCUT2D eigenvalue weighted by molar-refractivity contribution is 6.05. The van der Waals surface area contributed by atoms with Gasteiger partial charge in [0.15, 0.2) is 5.69 Å². The highest BCUT2D eigenvalue weighted by atomic mass is 16.5. The second-order valence-electron chi connectivity index (χ2n) is 6.00. The molecule has 2 aromatic heterocycles. The van der Waals surface area contributed by atoms with Crippen molar-refractivity contribution in [3.05, 3.63) is 57.3 Å².